The van der Waals surface area contributed by atoms with Gasteiger partial charge in [0.05, 0.1) is 18.7 Å². The minimum Gasteiger partial charge on any atom is -0.481 e. The molecule has 0 fully saturated rings. The van der Waals surface area contributed by atoms with Crippen molar-refractivity contribution in [2.45, 2.75) is 13.0 Å². The summed E-state index contributed by atoms with van der Waals surface area (Å²) in [5.41, 5.74) is 1.94. The van der Waals surface area contributed by atoms with Crippen LogP contribution < -0.4 is 4.90 Å². The number of aromatic nitrogens is 1. The van der Waals surface area contributed by atoms with Crippen molar-refractivity contribution >= 4 is 11.7 Å². The normalized spacial score (nSPS) is 10.1. The van der Waals surface area contributed by atoms with Crippen LogP contribution in [0.15, 0.2) is 54.7 Å². The molecule has 0 spiro atoms. The third kappa shape index (κ3) is 4.10. The van der Waals surface area contributed by atoms with Crippen LogP contribution in [-0.4, -0.2) is 22.6 Å². The molecule has 0 radical (unpaired) electrons. The minimum atomic E-state index is -0.790. The van der Waals surface area contributed by atoms with Crippen molar-refractivity contribution in [2.24, 2.45) is 0 Å². The lowest BCUT2D eigenvalue weighted by molar-refractivity contribution is -0.136. The van der Waals surface area contributed by atoms with Crippen LogP contribution in [0.25, 0.3) is 0 Å². The summed E-state index contributed by atoms with van der Waals surface area (Å²) in [5, 5.41) is 8.83. The maximum absolute atomic E-state index is 10.7. The molecule has 1 N–H and O–H groups in total. The van der Waals surface area contributed by atoms with Gasteiger partial charge in [-0.2, -0.15) is 0 Å². The summed E-state index contributed by atoms with van der Waals surface area (Å²) in [7, 11) is 0. The third-order valence-corrected chi connectivity index (χ3v) is 2.80. The summed E-state index contributed by atoms with van der Waals surface area (Å²) in [4.78, 5) is 17.1. The molecule has 1 aromatic carbocycles. The molecule has 1 aromatic heterocycles. The molecule has 0 atom stereocenters. The smallest absolute Gasteiger partial charge is 0.305 e. The first-order valence-electron chi connectivity index (χ1n) is 6.17. The van der Waals surface area contributed by atoms with E-state index in [1.165, 1.54) is 0 Å². The lowest BCUT2D eigenvalue weighted by Crippen LogP contribution is -2.26. The van der Waals surface area contributed by atoms with Crippen LogP contribution >= 0.6 is 0 Å². The van der Waals surface area contributed by atoms with Gasteiger partial charge in [-0.1, -0.05) is 24.3 Å². The summed E-state index contributed by atoms with van der Waals surface area (Å²) < 4.78 is 0. The van der Waals surface area contributed by atoms with E-state index in [4.69, 9.17) is 5.11 Å². The molecule has 0 aliphatic heterocycles. The summed E-state index contributed by atoms with van der Waals surface area (Å²) in [6, 6.07) is 15.5. The number of anilines is 1. The SMILES string of the molecule is O=C(O)CCN(Cc1ccccn1)c1ccccc1. The Kier molecular flexibility index (Phi) is 4.50. The fraction of sp³-hybridized carbons (Fsp3) is 0.200. The van der Waals surface area contributed by atoms with Crippen molar-refractivity contribution in [3.8, 4) is 0 Å². The number of hydrogen-bond acceptors (Lipinski definition) is 3. The van der Waals surface area contributed by atoms with E-state index in [2.05, 4.69) is 4.98 Å². The van der Waals surface area contributed by atoms with E-state index in [0.717, 1.165) is 11.4 Å². The molecule has 0 aliphatic carbocycles. The molecule has 0 aliphatic rings. The van der Waals surface area contributed by atoms with Crippen LogP contribution in [0.2, 0.25) is 0 Å². The summed E-state index contributed by atoms with van der Waals surface area (Å²) in [5.74, 6) is -0.790. The van der Waals surface area contributed by atoms with Gasteiger partial charge in [0.1, 0.15) is 0 Å². The van der Waals surface area contributed by atoms with Crippen LogP contribution in [0, 0.1) is 0 Å². The number of para-hydroxylation sites is 1. The molecule has 0 saturated heterocycles. The Hall–Kier alpha value is -2.36. The first-order chi connectivity index (χ1) is 9.25. The van der Waals surface area contributed by atoms with E-state index in [1.807, 2.05) is 53.4 Å². The lowest BCUT2D eigenvalue weighted by Gasteiger charge is -2.23. The van der Waals surface area contributed by atoms with E-state index in [1.54, 1.807) is 6.20 Å². The number of carboxylic acid groups (broad SMARTS) is 1. The van der Waals surface area contributed by atoms with Gasteiger partial charge in [-0.05, 0) is 24.3 Å². The predicted octanol–water partition coefficient (Wildman–Crippen LogP) is 2.56. The highest BCUT2D eigenvalue weighted by molar-refractivity contribution is 5.67. The molecule has 2 rings (SSSR count). The van der Waals surface area contributed by atoms with Crippen LogP contribution in [0.1, 0.15) is 12.1 Å². The van der Waals surface area contributed by atoms with Gasteiger partial charge in [0.15, 0.2) is 0 Å². The average Bonchev–Trinajstić information content (AvgIpc) is 2.45. The lowest BCUT2D eigenvalue weighted by atomic mass is 10.2. The van der Waals surface area contributed by atoms with Crippen molar-refractivity contribution in [1.82, 2.24) is 4.98 Å². The maximum Gasteiger partial charge on any atom is 0.305 e. The van der Waals surface area contributed by atoms with E-state index < -0.39 is 5.97 Å². The second kappa shape index (κ2) is 6.54. The zero-order chi connectivity index (χ0) is 13.5. The summed E-state index contributed by atoms with van der Waals surface area (Å²) in [6.07, 6.45) is 1.86. The molecular formula is C15H16N2O2. The number of benzene rings is 1. The molecule has 4 nitrogen and oxygen atoms in total. The van der Waals surface area contributed by atoms with Gasteiger partial charge < -0.3 is 10.0 Å². The van der Waals surface area contributed by atoms with E-state index in [0.29, 0.717) is 13.1 Å². The minimum absolute atomic E-state index is 0.113. The summed E-state index contributed by atoms with van der Waals surface area (Å²) >= 11 is 0. The monoisotopic (exact) mass is 256 g/mol. The standard InChI is InChI=1S/C15H16N2O2/c18-15(19)9-11-17(14-7-2-1-3-8-14)12-13-6-4-5-10-16-13/h1-8,10H,9,11-12H2,(H,18,19). The highest BCUT2D eigenvalue weighted by atomic mass is 16.4. The number of hydrogen-bond donors (Lipinski definition) is 1. The first-order valence-corrected chi connectivity index (χ1v) is 6.17. The zero-order valence-corrected chi connectivity index (χ0v) is 10.6. The van der Waals surface area contributed by atoms with Crippen molar-refractivity contribution in [3.63, 3.8) is 0 Å². The highest BCUT2D eigenvalue weighted by Gasteiger charge is 2.09. The number of carboxylic acids is 1. The van der Waals surface area contributed by atoms with Crippen LogP contribution in [0.4, 0.5) is 5.69 Å². The van der Waals surface area contributed by atoms with Crippen LogP contribution in [0.5, 0.6) is 0 Å². The molecule has 0 unspecified atom stereocenters. The van der Waals surface area contributed by atoms with Gasteiger partial charge in [0, 0.05) is 18.4 Å². The predicted molar refractivity (Wildman–Crippen MR) is 74.0 cm³/mol. The maximum atomic E-state index is 10.7. The van der Waals surface area contributed by atoms with E-state index >= 15 is 0 Å². The van der Waals surface area contributed by atoms with Gasteiger partial charge in [-0.15, -0.1) is 0 Å². The second-order valence-corrected chi connectivity index (χ2v) is 4.22. The number of rotatable bonds is 6. The van der Waals surface area contributed by atoms with Crippen molar-refractivity contribution < 1.29 is 9.90 Å². The quantitative estimate of drug-likeness (QED) is 0.863. The Labute approximate surface area is 112 Å². The molecule has 0 saturated carbocycles. The van der Waals surface area contributed by atoms with Crippen molar-refractivity contribution in [3.05, 3.63) is 60.4 Å². The molecule has 4 heteroatoms. The van der Waals surface area contributed by atoms with Crippen LogP contribution in [-0.2, 0) is 11.3 Å². The first kappa shape index (κ1) is 13.1. The Bertz CT molecular complexity index is 514. The summed E-state index contributed by atoms with van der Waals surface area (Å²) in [6.45, 7) is 1.08. The Balaban J connectivity index is 2.12. The molecule has 19 heavy (non-hydrogen) atoms. The van der Waals surface area contributed by atoms with Crippen molar-refractivity contribution in [1.29, 1.82) is 0 Å². The molecular weight excluding hydrogens is 240 g/mol. The van der Waals surface area contributed by atoms with Crippen LogP contribution in [0.3, 0.4) is 0 Å². The van der Waals surface area contributed by atoms with Gasteiger partial charge in [0.25, 0.3) is 0 Å². The van der Waals surface area contributed by atoms with E-state index in [-0.39, 0.29) is 6.42 Å². The average molecular weight is 256 g/mol. The second-order valence-electron chi connectivity index (χ2n) is 4.22. The van der Waals surface area contributed by atoms with Gasteiger partial charge >= 0.3 is 5.97 Å². The molecule has 0 amide bonds. The largest absolute Gasteiger partial charge is 0.481 e. The van der Waals surface area contributed by atoms with E-state index in [9.17, 15) is 4.79 Å². The molecule has 0 bridgehead atoms. The van der Waals surface area contributed by atoms with Gasteiger partial charge in [0.2, 0.25) is 0 Å². The van der Waals surface area contributed by atoms with Gasteiger partial charge in [-0.25, -0.2) is 0 Å². The van der Waals surface area contributed by atoms with Gasteiger partial charge in [-0.3, -0.25) is 9.78 Å². The topological polar surface area (TPSA) is 53.4 Å². The Morgan fingerprint density at radius 3 is 2.47 bits per heavy atom. The number of pyridine rings is 1. The fourth-order valence-electron chi connectivity index (χ4n) is 1.86. The fourth-order valence-corrected chi connectivity index (χ4v) is 1.86. The molecule has 98 valence electrons. The number of nitrogens with zero attached hydrogens (tertiary/aromatic N) is 2. The van der Waals surface area contributed by atoms with Crippen molar-refractivity contribution in [2.75, 3.05) is 11.4 Å². The Morgan fingerprint density at radius 2 is 1.84 bits per heavy atom. The number of carbonyl (C=O) groups is 1. The third-order valence-electron chi connectivity index (χ3n) is 2.80. The highest BCUT2D eigenvalue weighted by Crippen LogP contribution is 2.16. The molecule has 2 aromatic rings. The zero-order valence-electron chi connectivity index (χ0n) is 10.6. The Morgan fingerprint density at radius 1 is 1.11 bits per heavy atom. The number of aliphatic carboxylic acids is 1. The molecule has 1 heterocycles.